The number of hydrogen-bond donors (Lipinski definition) is 2. The molecule has 5 heteroatoms. The summed E-state index contributed by atoms with van der Waals surface area (Å²) in [6, 6.07) is 1.09. The number of rotatable bonds is 3. The molecule has 0 bridgehead atoms. The number of methoxy groups -OCH3 is 1. The van der Waals surface area contributed by atoms with Gasteiger partial charge in [0.1, 0.15) is 17.2 Å². The number of hydrogen-bond acceptors (Lipinski definition) is 5. The number of carbonyl (C=O) groups excluding carboxylic acids is 2. The van der Waals surface area contributed by atoms with E-state index in [-0.39, 0.29) is 23.2 Å². The highest BCUT2D eigenvalue weighted by Crippen LogP contribution is 2.35. The molecule has 0 atom stereocenters. The van der Waals surface area contributed by atoms with E-state index in [1.165, 1.54) is 7.11 Å². The lowest BCUT2D eigenvalue weighted by atomic mass is 10.1. The summed E-state index contributed by atoms with van der Waals surface area (Å²) < 4.78 is 4.73. The summed E-state index contributed by atoms with van der Waals surface area (Å²) in [6.07, 6.45) is 0.609. The minimum absolute atomic E-state index is 0.0144. The summed E-state index contributed by atoms with van der Waals surface area (Å²) in [6.45, 7) is 0. The number of aldehydes is 2. The van der Waals surface area contributed by atoms with E-state index >= 15 is 0 Å². The molecule has 0 aliphatic rings. The predicted molar refractivity (Wildman–Crippen MR) is 47.1 cm³/mol. The van der Waals surface area contributed by atoms with Crippen molar-refractivity contribution in [2.45, 2.75) is 0 Å². The lowest BCUT2D eigenvalue weighted by Gasteiger charge is -2.08. The smallest absolute Gasteiger partial charge is 0.157 e. The van der Waals surface area contributed by atoms with Crippen molar-refractivity contribution in [3.8, 4) is 17.2 Å². The second kappa shape index (κ2) is 3.78. The van der Waals surface area contributed by atoms with Gasteiger partial charge in [0, 0.05) is 6.07 Å². The van der Waals surface area contributed by atoms with Crippen LogP contribution in [0.4, 0.5) is 0 Å². The minimum Gasteiger partial charge on any atom is -0.507 e. The number of ether oxygens (including phenoxy) is 1. The van der Waals surface area contributed by atoms with Gasteiger partial charge in [-0.3, -0.25) is 9.59 Å². The van der Waals surface area contributed by atoms with E-state index in [2.05, 4.69) is 0 Å². The molecule has 0 aliphatic carbocycles. The summed E-state index contributed by atoms with van der Waals surface area (Å²) in [4.78, 5) is 21.0. The average molecular weight is 196 g/mol. The van der Waals surface area contributed by atoms with Crippen LogP contribution < -0.4 is 4.74 Å². The molecular formula is C9H8O5. The highest BCUT2D eigenvalue weighted by molar-refractivity contribution is 5.93. The van der Waals surface area contributed by atoms with Crippen LogP contribution in [-0.2, 0) is 0 Å². The number of benzene rings is 1. The minimum atomic E-state index is -0.577. The summed E-state index contributed by atoms with van der Waals surface area (Å²) >= 11 is 0. The maximum atomic E-state index is 10.5. The Morgan fingerprint density at radius 2 is 1.79 bits per heavy atom. The molecule has 0 saturated carbocycles. The molecule has 5 nitrogen and oxygen atoms in total. The van der Waals surface area contributed by atoms with Gasteiger partial charge in [-0.25, -0.2) is 0 Å². The molecular weight excluding hydrogens is 188 g/mol. The van der Waals surface area contributed by atoms with E-state index in [1.54, 1.807) is 0 Å². The number of phenols is 2. The van der Waals surface area contributed by atoms with E-state index < -0.39 is 11.5 Å². The summed E-state index contributed by atoms with van der Waals surface area (Å²) in [5, 5.41) is 18.6. The molecule has 1 aromatic rings. The second-order valence-electron chi connectivity index (χ2n) is 2.51. The largest absolute Gasteiger partial charge is 0.507 e. The fraction of sp³-hybridized carbons (Fsp3) is 0.111. The van der Waals surface area contributed by atoms with Gasteiger partial charge in [0.2, 0.25) is 0 Å². The zero-order valence-corrected chi connectivity index (χ0v) is 7.35. The summed E-state index contributed by atoms with van der Waals surface area (Å²) in [5.41, 5.74) is -0.486. The van der Waals surface area contributed by atoms with Gasteiger partial charge in [-0.1, -0.05) is 0 Å². The fourth-order valence-corrected chi connectivity index (χ4v) is 1.06. The van der Waals surface area contributed by atoms with Crippen LogP contribution in [0.2, 0.25) is 0 Å². The standard InChI is InChI=1S/C9H8O5/c1-14-8-2-7(12)5(3-10)9(13)6(8)4-11/h2-4,12-13H,1H3. The van der Waals surface area contributed by atoms with E-state index in [0.717, 1.165) is 6.07 Å². The molecule has 0 amide bonds. The molecule has 0 saturated heterocycles. The van der Waals surface area contributed by atoms with E-state index in [4.69, 9.17) is 4.74 Å². The van der Waals surface area contributed by atoms with Crippen LogP contribution in [0.1, 0.15) is 20.7 Å². The van der Waals surface area contributed by atoms with Crippen LogP contribution >= 0.6 is 0 Å². The van der Waals surface area contributed by atoms with E-state index in [0.29, 0.717) is 6.29 Å². The Kier molecular flexibility index (Phi) is 2.71. The van der Waals surface area contributed by atoms with Gasteiger partial charge in [0.25, 0.3) is 0 Å². The molecule has 2 N–H and O–H groups in total. The van der Waals surface area contributed by atoms with E-state index in [1.807, 2.05) is 0 Å². The molecule has 74 valence electrons. The van der Waals surface area contributed by atoms with Gasteiger partial charge in [-0.2, -0.15) is 0 Å². The molecule has 0 aliphatic heterocycles. The first-order valence-electron chi connectivity index (χ1n) is 3.69. The zero-order valence-electron chi connectivity index (χ0n) is 7.35. The van der Waals surface area contributed by atoms with Gasteiger partial charge in [-0.15, -0.1) is 0 Å². The highest BCUT2D eigenvalue weighted by Gasteiger charge is 2.16. The van der Waals surface area contributed by atoms with Crippen molar-refractivity contribution in [3.63, 3.8) is 0 Å². The molecule has 0 unspecified atom stereocenters. The third-order valence-corrected chi connectivity index (χ3v) is 1.78. The topological polar surface area (TPSA) is 83.8 Å². The van der Waals surface area contributed by atoms with Crippen molar-refractivity contribution in [3.05, 3.63) is 17.2 Å². The Balaban J connectivity index is 3.54. The fourth-order valence-electron chi connectivity index (χ4n) is 1.06. The molecule has 1 rings (SSSR count). The first-order chi connectivity index (χ1) is 6.65. The quantitative estimate of drug-likeness (QED) is 0.696. The van der Waals surface area contributed by atoms with Gasteiger partial charge < -0.3 is 14.9 Å². The first-order valence-corrected chi connectivity index (χ1v) is 3.69. The Morgan fingerprint density at radius 3 is 2.21 bits per heavy atom. The Labute approximate surface area is 79.6 Å². The Bertz CT molecular complexity index is 383. The van der Waals surface area contributed by atoms with Crippen LogP contribution in [0, 0.1) is 0 Å². The van der Waals surface area contributed by atoms with Gasteiger partial charge in [0.15, 0.2) is 12.6 Å². The maximum Gasteiger partial charge on any atom is 0.157 e. The van der Waals surface area contributed by atoms with Crippen LogP contribution in [0.5, 0.6) is 17.2 Å². The van der Waals surface area contributed by atoms with Crippen molar-refractivity contribution >= 4 is 12.6 Å². The van der Waals surface area contributed by atoms with Crippen molar-refractivity contribution in [2.24, 2.45) is 0 Å². The summed E-state index contributed by atoms with van der Waals surface area (Å²) in [7, 11) is 1.28. The predicted octanol–water partition coefficient (Wildman–Crippen LogP) is 0.731. The Morgan fingerprint density at radius 1 is 1.21 bits per heavy atom. The normalized spacial score (nSPS) is 9.50. The second-order valence-corrected chi connectivity index (χ2v) is 2.51. The molecule has 0 heterocycles. The van der Waals surface area contributed by atoms with Crippen LogP contribution in [0.25, 0.3) is 0 Å². The van der Waals surface area contributed by atoms with Gasteiger partial charge in [0.05, 0.1) is 18.2 Å². The first kappa shape index (κ1) is 10.0. The molecule has 0 spiro atoms. The molecule has 0 fully saturated rings. The summed E-state index contributed by atoms with van der Waals surface area (Å²) in [5.74, 6) is -0.993. The lowest BCUT2D eigenvalue weighted by molar-refractivity contribution is 0.111. The third kappa shape index (κ3) is 1.39. The molecule has 14 heavy (non-hydrogen) atoms. The van der Waals surface area contributed by atoms with Gasteiger partial charge >= 0.3 is 0 Å². The van der Waals surface area contributed by atoms with Crippen molar-refractivity contribution < 1.29 is 24.5 Å². The lowest BCUT2D eigenvalue weighted by Crippen LogP contribution is -1.95. The number of phenolic OH excluding ortho intramolecular Hbond substituents is 2. The van der Waals surface area contributed by atoms with Crippen molar-refractivity contribution in [1.82, 2.24) is 0 Å². The molecule has 0 radical (unpaired) electrons. The number of aromatic hydroxyl groups is 2. The van der Waals surface area contributed by atoms with Crippen molar-refractivity contribution in [2.75, 3.05) is 7.11 Å². The monoisotopic (exact) mass is 196 g/mol. The third-order valence-electron chi connectivity index (χ3n) is 1.78. The van der Waals surface area contributed by atoms with Crippen LogP contribution in [-0.4, -0.2) is 29.9 Å². The SMILES string of the molecule is COc1cc(O)c(C=O)c(O)c1C=O. The van der Waals surface area contributed by atoms with E-state index in [9.17, 15) is 19.8 Å². The van der Waals surface area contributed by atoms with Gasteiger partial charge in [-0.05, 0) is 0 Å². The van der Waals surface area contributed by atoms with Crippen LogP contribution in [0.15, 0.2) is 6.07 Å². The van der Waals surface area contributed by atoms with Crippen molar-refractivity contribution in [1.29, 1.82) is 0 Å². The average Bonchev–Trinajstić information content (AvgIpc) is 2.17. The highest BCUT2D eigenvalue weighted by atomic mass is 16.5. The number of carbonyl (C=O) groups is 2. The van der Waals surface area contributed by atoms with Crippen LogP contribution in [0.3, 0.4) is 0 Å². The Hall–Kier alpha value is -2.04. The maximum absolute atomic E-state index is 10.5. The zero-order chi connectivity index (χ0) is 10.7. The molecule has 0 aromatic heterocycles. The molecule has 1 aromatic carbocycles.